The van der Waals surface area contributed by atoms with Crippen LogP contribution < -0.4 is 5.56 Å². The van der Waals surface area contributed by atoms with Crippen LogP contribution in [-0.2, 0) is 9.53 Å². The zero-order valence-corrected chi connectivity index (χ0v) is 17.7. The molecule has 0 fully saturated rings. The average Bonchev–Trinajstić information content (AvgIpc) is 3.24. The topological polar surface area (TPSA) is 162 Å². The van der Waals surface area contributed by atoms with Crippen molar-refractivity contribution in [2.45, 2.75) is 6.92 Å². The standard InChI is InChI=1S/C20H14N6O6S/c1-2-32-19(29)15(23-22-11-7-9-12(10-8-11)26(30)31)16(27)18-24-25-14-6-4-3-5-13(14)17(28)21-20(25)33-18/h3-10,27H,2H2,1H3/b16-15+,23-22?. The zero-order valence-electron chi connectivity index (χ0n) is 16.9. The van der Waals surface area contributed by atoms with E-state index in [-0.39, 0.29) is 28.0 Å². The van der Waals surface area contributed by atoms with Gasteiger partial charge in [-0.25, -0.2) is 9.31 Å². The van der Waals surface area contributed by atoms with E-state index in [2.05, 4.69) is 20.3 Å². The first kappa shape index (κ1) is 21.7. The first-order valence-corrected chi connectivity index (χ1v) is 10.3. The summed E-state index contributed by atoms with van der Waals surface area (Å²) in [5.41, 5.74) is -0.429. The minimum Gasteiger partial charge on any atom is -0.503 e. The molecule has 0 saturated heterocycles. The van der Waals surface area contributed by atoms with E-state index < -0.39 is 27.9 Å². The van der Waals surface area contributed by atoms with E-state index in [0.29, 0.717) is 10.9 Å². The average molecular weight is 466 g/mol. The summed E-state index contributed by atoms with van der Waals surface area (Å²) in [6.07, 6.45) is 0. The number of hydrogen-bond donors (Lipinski definition) is 1. The van der Waals surface area contributed by atoms with Crippen molar-refractivity contribution >= 4 is 50.3 Å². The summed E-state index contributed by atoms with van der Waals surface area (Å²) in [6, 6.07) is 11.8. The summed E-state index contributed by atoms with van der Waals surface area (Å²) in [6.45, 7) is 1.60. The van der Waals surface area contributed by atoms with Crippen molar-refractivity contribution in [3.8, 4) is 0 Å². The molecule has 12 nitrogen and oxygen atoms in total. The van der Waals surface area contributed by atoms with Crippen LogP contribution in [0.25, 0.3) is 21.6 Å². The highest BCUT2D eigenvalue weighted by molar-refractivity contribution is 7.17. The second-order valence-electron chi connectivity index (χ2n) is 6.43. The largest absolute Gasteiger partial charge is 0.503 e. The smallest absolute Gasteiger partial charge is 0.362 e. The van der Waals surface area contributed by atoms with Gasteiger partial charge in [0, 0.05) is 12.1 Å². The first-order chi connectivity index (χ1) is 15.9. The number of nitrogens with zero attached hydrogens (tertiary/aromatic N) is 6. The van der Waals surface area contributed by atoms with Crippen LogP contribution in [0.5, 0.6) is 0 Å². The van der Waals surface area contributed by atoms with E-state index in [0.717, 1.165) is 11.3 Å². The summed E-state index contributed by atoms with van der Waals surface area (Å²) in [4.78, 5) is 39.1. The maximum atomic E-state index is 12.4. The molecule has 0 unspecified atom stereocenters. The zero-order chi connectivity index (χ0) is 23.5. The van der Waals surface area contributed by atoms with Gasteiger partial charge in [0.05, 0.1) is 28.1 Å². The van der Waals surface area contributed by atoms with E-state index in [1.165, 1.54) is 28.8 Å². The quantitative estimate of drug-likeness (QED) is 0.112. The number of esters is 1. The van der Waals surface area contributed by atoms with Crippen molar-refractivity contribution in [2.75, 3.05) is 6.61 Å². The predicted molar refractivity (Wildman–Crippen MR) is 118 cm³/mol. The van der Waals surface area contributed by atoms with Gasteiger partial charge >= 0.3 is 5.97 Å². The first-order valence-electron chi connectivity index (χ1n) is 9.44. The van der Waals surface area contributed by atoms with Crippen molar-refractivity contribution in [2.24, 2.45) is 10.2 Å². The van der Waals surface area contributed by atoms with Crippen molar-refractivity contribution in [1.82, 2.24) is 14.6 Å². The van der Waals surface area contributed by atoms with Gasteiger partial charge in [-0.2, -0.15) is 15.2 Å². The second kappa shape index (κ2) is 8.92. The highest BCUT2D eigenvalue weighted by Crippen LogP contribution is 2.26. The van der Waals surface area contributed by atoms with Gasteiger partial charge in [-0.1, -0.05) is 23.5 Å². The SMILES string of the molecule is CCOC(=O)/C(N=Nc1ccc([N+](=O)[O-])cc1)=C(\O)c1nn2c(nc(=O)c3ccccc32)s1. The molecule has 1 N–H and O–H groups in total. The lowest BCUT2D eigenvalue weighted by atomic mass is 10.2. The van der Waals surface area contributed by atoms with E-state index in [1.54, 1.807) is 31.2 Å². The Morgan fingerprint density at radius 2 is 1.97 bits per heavy atom. The van der Waals surface area contributed by atoms with Gasteiger partial charge in [-0.3, -0.25) is 14.9 Å². The number of carbonyl (C=O) groups excluding carboxylic acids is 1. The molecule has 4 rings (SSSR count). The number of aromatic nitrogens is 3. The lowest BCUT2D eigenvalue weighted by Crippen LogP contribution is -2.09. The molecule has 0 bridgehead atoms. The summed E-state index contributed by atoms with van der Waals surface area (Å²) in [7, 11) is 0. The molecule has 0 spiro atoms. The van der Waals surface area contributed by atoms with Gasteiger partial charge in [0.25, 0.3) is 11.2 Å². The fraction of sp³-hybridized carbons (Fsp3) is 0.100. The molecule has 0 aliphatic rings. The molecule has 13 heteroatoms. The Bertz CT molecular complexity index is 1510. The molecule has 0 amide bonds. The summed E-state index contributed by atoms with van der Waals surface area (Å²) in [5.74, 6) is -1.57. The number of nitro groups is 1. The van der Waals surface area contributed by atoms with Gasteiger partial charge < -0.3 is 9.84 Å². The summed E-state index contributed by atoms with van der Waals surface area (Å²) in [5, 5.41) is 33.8. The molecule has 2 aromatic carbocycles. The van der Waals surface area contributed by atoms with Crippen molar-refractivity contribution in [3.63, 3.8) is 0 Å². The normalized spacial score (nSPS) is 12.3. The van der Waals surface area contributed by atoms with E-state index >= 15 is 0 Å². The lowest BCUT2D eigenvalue weighted by Gasteiger charge is -2.03. The van der Waals surface area contributed by atoms with Crippen molar-refractivity contribution in [1.29, 1.82) is 0 Å². The highest BCUT2D eigenvalue weighted by atomic mass is 32.1. The highest BCUT2D eigenvalue weighted by Gasteiger charge is 2.22. The van der Waals surface area contributed by atoms with E-state index in [1.807, 2.05) is 0 Å². The number of carbonyl (C=O) groups is 1. The van der Waals surface area contributed by atoms with Crippen molar-refractivity contribution < 1.29 is 19.6 Å². The number of aliphatic hydroxyl groups is 1. The van der Waals surface area contributed by atoms with Gasteiger partial charge in [0.1, 0.15) is 0 Å². The molecule has 0 aliphatic heterocycles. The Labute approximate surface area is 188 Å². The fourth-order valence-corrected chi connectivity index (χ4v) is 3.67. The third-order valence-electron chi connectivity index (χ3n) is 4.34. The summed E-state index contributed by atoms with van der Waals surface area (Å²) >= 11 is 0.873. The van der Waals surface area contributed by atoms with E-state index in [9.17, 15) is 24.8 Å². The molecule has 2 aromatic heterocycles. The maximum absolute atomic E-state index is 12.4. The summed E-state index contributed by atoms with van der Waals surface area (Å²) < 4.78 is 6.33. The molecule has 33 heavy (non-hydrogen) atoms. The molecular weight excluding hydrogens is 452 g/mol. The van der Waals surface area contributed by atoms with Crippen LogP contribution in [-0.4, -0.2) is 37.2 Å². The van der Waals surface area contributed by atoms with Crippen LogP contribution in [0.3, 0.4) is 0 Å². The number of para-hydroxylation sites is 1. The monoisotopic (exact) mass is 466 g/mol. The minimum atomic E-state index is -0.952. The number of non-ortho nitro benzene ring substituents is 1. The third-order valence-corrected chi connectivity index (χ3v) is 5.26. The van der Waals surface area contributed by atoms with Gasteiger partial charge in [-0.15, -0.1) is 5.11 Å². The number of benzene rings is 2. The minimum absolute atomic E-state index is 0.0169. The Balaban J connectivity index is 1.80. The van der Waals surface area contributed by atoms with Crippen LogP contribution in [0.2, 0.25) is 0 Å². The van der Waals surface area contributed by atoms with Gasteiger partial charge in [0.2, 0.25) is 10.7 Å². The molecule has 0 saturated carbocycles. The third kappa shape index (κ3) is 4.29. The Morgan fingerprint density at radius 1 is 1.24 bits per heavy atom. The molecule has 2 heterocycles. The number of azo groups is 1. The Hall–Kier alpha value is -4.52. The molecule has 166 valence electrons. The molecule has 0 aliphatic carbocycles. The molecular formula is C20H14N6O6S. The molecule has 0 atom stereocenters. The number of ether oxygens (including phenoxy) is 1. The van der Waals surface area contributed by atoms with Crippen LogP contribution in [0.1, 0.15) is 11.9 Å². The van der Waals surface area contributed by atoms with Crippen LogP contribution >= 0.6 is 11.3 Å². The Kier molecular flexibility index (Phi) is 5.87. The van der Waals surface area contributed by atoms with Crippen molar-refractivity contribution in [3.05, 3.63) is 79.7 Å². The molecule has 4 aromatic rings. The van der Waals surface area contributed by atoms with Gasteiger partial charge in [-0.05, 0) is 31.2 Å². The van der Waals surface area contributed by atoms with Gasteiger partial charge in [0.15, 0.2) is 10.8 Å². The number of fused-ring (bicyclic) bond motifs is 3. The lowest BCUT2D eigenvalue weighted by molar-refractivity contribution is -0.384. The van der Waals surface area contributed by atoms with Crippen LogP contribution in [0, 0.1) is 10.1 Å². The van der Waals surface area contributed by atoms with E-state index in [4.69, 9.17) is 4.74 Å². The molecule has 0 radical (unpaired) electrons. The predicted octanol–water partition coefficient (Wildman–Crippen LogP) is 3.79. The number of hydrogen-bond acceptors (Lipinski definition) is 11. The fourth-order valence-electron chi connectivity index (χ4n) is 2.83. The Morgan fingerprint density at radius 3 is 2.67 bits per heavy atom. The second-order valence-corrected chi connectivity index (χ2v) is 7.38. The number of nitro benzene ring substituents is 1. The maximum Gasteiger partial charge on any atom is 0.362 e. The van der Waals surface area contributed by atoms with Crippen LogP contribution in [0.15, 0.2) is 69.3 Å². The number of aliphatic hydroxyl groups excluding tert-OH is 1. The number of rotatable bonds is 6. The van der Waals surface area contributed by atoms with Crippen LogP contribution in [0.4, 0.5) is 11.4 Å².